The summed E-state index contributed by atoms with van der Waals surface area (Å²) >= 11 is 0. The second-order valence-corrected chi connectivity index (χ2v) is 5.98. The fourth-order valence-corrected chi connectivity index (χ4v) is 2.85. The second-order valence-electron chi connectivity index (χ2n) is 5.98. The Labute approximate surface area is 148 Å². The van der Waals surface area contributed by atoms with E-state index in [1.54, 1.807) is 13.0 Å². The fourth-order valence-electron chi connectivity index (χ4n) is 2.85. The van der Waals surface area contributed by atoms with Crippen LogP contribution in [0.4, 0.5) is 11.4 Å². The first-order valence-electron chi connectivity index (χ1n) is 8.68. The molecule has 1 saturated heterocycles. The van der Waals surface area contributed by atoms with Gasteiger partial charge in [0.15, 0.2) is 0 Å². The summed E-state index contributed by atoms with van der Waals surface area (Å²) in [4.78, 5) is 14.4. The number of carbonyl (C=O) groups is 1. The van der Waals surface area contributed by atoms with Crippen molar-refractivity contribution in [1.29, 1.82) is 0 Å². The number of rotatable bonds is 6. The predicted octanol–water partition coefficient (Wildman–Crippen LogP) is 3.44. The summed E-state index contributed by atoms with van der Waals surface area (Å²) in [5.74, 6) is -0.311. The number of carbonyl (C=O) groups excluding carboxylic acids is 1. The quantitative estimate of drug-likeness (QED) is 0.817. The molecule has 0 spiro atoms. The number of ether oxygens (including phenoxy) is 2. The summed E-state index contributed by atoms with van der Waals surface area (Å²) < 4.78 is 10.5. The van der Waals surface area contributed by atoms with E-state index in [0.29, 0.717) is 12.2 Å². The van der Waals surface area contributed by atoms with Gasteiger partial charge in [-0.05, 0) is 36.8 Å². The van der Waals surface area contributed by atoms with Gasteiger partial charge in [0, 0.05) is 25.3 Å². The van der Waals surface area contributed by atoms with Crippen LogP contribution in [0, 0.1) is 0 Å². The van der Waals surface area contributed by atoms with E-state index >= 15 is 0 Å². The van der Waals surface area contributed by atoms with Crippen molar-refractivity contribution in [3.8, 4) is 0 Å². The predicted molar refractivity (Wildman–Crippen MR) is 98.2 cm³/mol. The standard InChI is InChI=1S/C20H24N2O3/c1-2-25-20(23)18-5-3-4-6-19(18)21-17-9-7-16(8-10-17)15-22-11-13-24-14-12-22/h3-10,21H,2,11-15H2,1H3. The van der Waals surface area contributed by atoms with Crippen LogP contribution >= 0.6 is 0 Å². The molecular formula is C20H24N2O3. The summed E-state index contributed by atoms with van der Waals surface area (Å²) in [6, 6.07) is 15.7. The normalized spacial score (nSPS) is 14.9. The maximum absolute atomic E-state index is 12.1. The molecule has 5 nitrogen and oxygen atoms in total. The molecular weight excluding hydrogens is 316 g/mol. The summed E-state index contributed by atoms with van der Waals surface area (Å²) in [6.45, 7) is 6.68. The first-order valence-corrected chi connectivity index (χ1v) is 8.68. The number of hydrogen-bond acceptors (Lipinski definition) is 5. The van der Waals surface area contributed by atoms with Crippen LogP contribution in [0.15, 0.2) is 48.5 Å². The van der Waals surface area contributed by atoms with Crippen molar-refractivity contribution < 1.29 is 14.3 Å². The van der Waals surface area contributed by atoms with Gasteiger partial charge in [0.1, 0.15) is 0 Å². The number of morpholine rings is 1. The Morgan fingerprint density at radius 2 is 1.84 bits per heavy atom. The molecule has 0 atom stereocenters. The van der Waals surface area contributed by atoms with E-state index in [1.165, 1.54) is 5.56 Å². The maximum atomic E-state index is 12.1. The Morgan fingerprint density at radius 1 is 1.12 bits per heavy atom. The van der Waals surface area contributed by atoms with Crippen molar-refractivity contribution in [1.82, 2.24) is 4.90 Å². The first kappa shape index (κ1) is 17.5. The van der Waals surface area contributed by atoms with E-state index in [0.717, 1.165) is 44.2 Å². The van der Waals surface area contributed by atoms with E-state index in [1.807, 2.05) is 30.3 Å². The Morgan fingerprint density at radius 3 is 2.56 bits per heavy atom. The molecule has 2 aromatic carbocycles. The molecule has 1 heterocycles. The maximum Gasteiger partial charge on any atom is 0.340 e. The Hall–Kier alpha value is -2.37. The summed E-state index contributed by atoms with van der Waals surface area (Å²) in [5, 5.41) is 3.31. The van der Waals surface area contributed by atoms with Gasteiger partial charge in [-0.3, -0.25) is 4.90 Å². The van der Waals surface area contributed by atoms with Crippen LogP contribution in [0.1, 0.15) is 22.8 Å². The summed E-state index contributed by atoms with van der Waals surface area (Å²) in [6.07, 6.45) is 0. The van der Waals surface area contributed by atoms with E-state index in [4.69, 9.17) is 9.47 Å². The largest absolute Gasteiger partial charge is 0.462 e. The highest BCUT2D eigenvalue weighted by Gasteiger charge is 2.13. The molecule has 0 amide bonds. The van der Waals surface area contributed by atoms with Crippen molar-refractivity contribution in [2.45, 2.75) is 13.5 Å². The molecule has 0 radical (unpaired) electrons. The van der Waals surface area contributed by atoms with E-state index in [-0.39, 0.29) is 5.97 Å². The molecule has 5 heteroatoms. The molecule has 0 bridgehead atoms. The SMILES string of the molecule is CCOC(=O)c1ccccc1Nc1ccc(CN2CCOCC2)cc1. The van der Waals surface area contributed by atoms with Gasteiger partial charge >= 0.3 is 5.97 Å². The van der Waals surface area contributed by atoms with Gasteiger partial charge in [0.2, 0.25) is 0 Å². The molecule has 1 aliphatic heterocycles. The lowest BCUT2D eigenvalue weighted by atomic mass is 10.1. The van der Waals surface area contributed by atoms with Gasteiger partial charge in [-0.15, -0.1) is 0 Å². The number of nitrogens with one attached hydrogen (secondary N) is 1. The Kier molecular flexibility index (Phi) is 6.04. The van der Waals surface area contributed by atoms with Crippen LogP contribution in [0.25, 0.3) is 0 Å². The number of benzene rings is 2. The lowest BCUT2D eigenvalue weighted by Gasteiger charge is -2.26. The van der Waals surface area contributed by atoms with Crippen LogP contribution in [-0.2, 0) is 16.0 Å². The van der Waals surface area contributed by atoms with Gasteiger partial charge in [0.25, 0.3) is 0 Å². The number of esters is 1. The number of hydrogen-bond donors (Lipinski definition) is 1. The highest BCUT2D eigenvalue weighted by Crippen LogP contribution is 2.22. The molecule has 0 unspecified atom stereocenters. The van der Waals surface area contributed by atoms with Crippen LogP contribution in [-0.4, -0.2) is 43.8 Å². The minimum Gasteiger partial charge on any atom is -0.462 e. The molecule has 1 fully saturated rings. The fraction of sp³-hybridized carbons (Fsp3) is 0.350. The lowest BCUT2D eigenvalue weighted by Crippen LogP contribution is -2.35. The minimum atomic E-state index is -0.311. The number of para-hydroxylation sites is 1. The number of anilines is 2. The van der Waals surface area contributed by atoms with Gasteiger partial charge < -0.3 is 14.8 Å². The molecule has 0 saturated carbocycles. The lowest BCUT2D eigenvalue weighted by molar-refractivity contribution is 0.0342. The molecule has 2 aromatic rings. The average Bonchev–Trinajstić information content (AvgIpc) is 2.65. The molecule has 1 N–H and O–H groups in total. The van der Waals surface area contributed by atoms with Crippen LogP contribution in [0.5, 0.6) is 0 Å². The van der Waals surface area contributed by atoms with E-state index in [9.17, 15) is 4.79 Å². The highest BCUT2D eigenvalue weighted by molar-refractivity contribution is 5.96. The third kappa shape index (κ3) is 4.81. The molecule has 132 valence electrons. The first-order chi connectivity index (χ1) is 12.3. The molecule has 25 heavy (non-hydrogen) atoms. The average molecular weight is 340 g/mol. The highest BCUT2D eigenvalue weighted by atomic mass is 16.5. The number of nitrogens with zero attached hydrogens (tertiary/aromatic N) is 1. The zero-order chi connectivity index (χ0) is 17.5. The third-order valence-corrected chi connectivity index (χ3v) is 4.17. The van der Waals surface area contributed by atoms with E-state index < -0.39 is 0 Å². The second kappa shape index (κ2) is 8.65. The van der Waals surface area contributed by atoms with Gasteiger partial charge in [-0.25, -0.2) is 4.79 Å². The molecule has 3 rings (SSSR count). The van der Waals surface area contributed by atoms with Crippen molar-refractivity contribution in [3.63, 3.8) is 0 Å². The molecule has 0 aliphatic carbocycles. The molecule has 0 aromatic heterocycles. The Bertz CT molecular complexity index is 694. The zero-order valence-electron chi connectivity index (χ0n) is 14.5. The van der Waals surface area contributed by atoms with E-state index in [2.05, 4.69) is 22.3 Å². The van der Waals surface area contributed by atoms with Crippen molar-refractivity contribution in [3.05, 3.63) is 59.7 Å². The topological polar surface area (TPSA) is 50.8 Å². The van der Waals surface area contributed by atoms with Crippen molar-refractivity contribution in [2.24, 2.45) is 0 Å². The van der Waals surface area contributed by atoms with Crippen LogP contribution < -0.4 is 5.32 Å². The van der Waals surface area contributed by atoms with Gasteiger partial charge in [0.05, 0.1) is 31.1 Å². The van der Waals surface area contributed by atoms with Crippen molar-refractivity contribution >= 4 is 17.3 Å². The van der Waals surface area contributed by atoms with Crippen molar-refractivity contribution in [2.75, 3.05) is 38.2 Å². The third-order valence-electron chi connectivity index (χ3n) is 4.17. The van der Waals surface area contributed by atoms with Gasteiger partial charge in [-0.2, -0.15) is 0 Å². The van der Waals surface area contributed by atoms with Crippen LogP contribution in [0.3, 0.4) is 0 Å². The summed E-state index contributed by atoms with van der Waals surface area (Å²) in [7, 11) is 0. The Balaban J connectivity index is 1.66. The van der Waals surface area contributed by atoms with Crippen LogP contribution in [0.2, 0.25) is 0 Å². The minimum absolute atomic E-state index is 0.311. The smallest absolute Gasteiger partial charge is 0.340 e. The monoisotopic (exact) mass is 340 g/mol. The molecule has 1 aliphatic rings. The summed E-state index contributed by atoms with van der Waals surface area (Å²) in [5.41, 5.74) is 3.51. The zero-order valence-corrected chi connectivity index (χ0v) is 14.5. The van der Waals surface area contributed by atoms with Gasteiger partial charge in [-0.1, -0.05) is 24.3 Å².